The highest BCUT2D eigenvalue weighted by Gasteiger charge is 2.24. The first-order valence-electron chi connectivity index (χ1n) is 13.1. The molecule has 1 aromatic heterocycles. The number of nitrogens with one attached hydrogen (secondary N) is 1. The fraction of sp³-hybridized carbons (Fsp3) is 0.250. The number of anilines is 1. The van der Waals surface area contributed by atoms with Crippen LogP contribution in [-0.4, -0.2) is 29.8 Å². The molecule has 0 aliphatic carbocycles. The molecule has 38 heavy (non-hydrogen) atoms. The highest BCUT2D eigenvalue weighted by molar-refractivity contribution is 5.76. The molecule has 5 rings (SSSR count). The van der Waals surface area contributed by atoms with Gasteiger partial charge in [0.1, 0.15) is 23.4 Å². The highest BCUT2D eigenvalue weighted by atomic mass is 16.5. The van der Waals surface area contributed by atoms with Crippen molar-refractivity contribution in [3.63, 3.8) is 0 Å². The SMILES string of the molecule is N#Cc1c(C2CCCNC2)cc(-c2c(O)cccc2OCCC(c2ccccc2)c2ccccc2)nc1N. The van der Waals surface area contributed by atoms with Crippen molar-refractivity contribution in [1.82, 2.24) is 10.3 Å². The van der Waals surface area contributed by atoms with E-state index in [4.69, 9.17) is 10.5 Å². The maximum Gasteiger partial charge on any atom is 0.142 e. The van der Waals surface area contributed by atoms with Gasteiger partial charge < -0.3 is 20.9 Å². The third-order valence-electron chi connectivity index (χ3n) is 7.25. The maximum atomic E-state index is 10.9. The van der Waals surface area contributed by atoms with Crippen LogP contribution < -0.4 is 15.8 Å². The number of phenolic OH excluding ortho intramolecular Hbond substituents is 1. The normalized spacial score (nSPS) is 15.2. The van der Waals surface area contributed by atoms with Gasteiger partial charge >= 0.3 is 0 Å². The van der Waals surface area contributed by atoms with Crippen LogP contribution in [0.4, 0.5) is 5.82 Å². The molecule has 6 nitrogen and oxygen atoms in total. The van der Waals surface area contributed by atoms with Crippen LogP contribution in [-0.2, 0) is 0 Å². The molecule has 1 saturated heterocycles. The van der Waals surface area contributed by atoms with E-state index < -0.39 is 0 Å². The molecular formula is C32H32N4O2. The number of nitrogen functional groups attached to an aromatic ring is 1. The molecule has 0 spiro atoms. The van der Waals surface area contributed by atoms with Gasteiger partial charge in [-0.2, -0.15) is 5.26 Å². The van der Waals surface area contributed by atoms with Crippen LogP contribution >= 0.6 is 0 Å². The first-order valence-corrected chi connectivity index (χ1v) is 13.1. The second kappa shape index (κ2) is 11.8. The summed E-state index contributed by atoms with van der Waals surface area (Å²) in [6.07, 6.45) is 2.75. The third kappa shape index (κ3) is 5.49. The van der Waals surface area contributed by atoms with Crippen LogP contribution in [0.2, 0.25) is 0 Å². The van der Waals surface area contributed by atoms with Crippen molar-refractivity contribution in [2.45, 2.75) is 31.1 Å². The van der Waals surface area contributed by atoms with Crippen molar-refractivity contribution in [2.24, 2.45) is 0 Å². The van der Waals surface area contributed by atoms with Crippen molar-refractivity contribution in [3.8, 4) is 28.8 Å². The van der Waals surface area contributed by atoms with E-state index in [9.17, 15) is 10.4 Å². The molecular weight excluding hydrogens is 472 g/mol. The van der Waals surface area contributed by atoms with E-state index in [1.54, 1.807) is 12.1 Å². The number of benzene rings is 3. The Bertz CT molecular complexity index is 1370. The lowest BCUT2D eigenvalue weighted by atomic mass is 9.88. The van der Waals surface area contributed by atoms with Gasteiger partial charge in [0.15, 0.2) is 0 Å². The number of piperidine rings is 1. The number of pyridine rings is 1. The lowest BCUT2D eigenvalue weighted by molar-refractivity contribution is 0.303. The van der Waals surface area contributed by atoms with Gasteiger partial charge in [0.2, 0.25) is 0 Å². The van der Waals surface area contributed by atoms with Crippen LogP contribution in [0.1, 0.15) is 53.4 Å². The van der Waals surface area contributed by atoms with Gasteiger partial charge in [-0.3, -0.25) is 0 Å². The Morgan fingerprint density at radius 3 is 2.37 bits per heavy atom. The third-order valence-corrected chi connectivity index (χ3v) is 7.25. The Labute approximate surface area is 223 Å². The molecule has 4 aromatic rings. The molecule has 6 heteroatoms. The predicted molar refractivity (Wildman–Crippen MR) is 150 cm³/mol. The number of phenols is 1. The summed E-state index contributed by atoms with van der Waals surface area (Å²) in [5.41, 5.74) is 11.0. The molecule has 1 aliphatic heterocycles. The fourth-order valence-electron chi connectivity index (χ4n) is 5.35. The number of nitrogens with two attached hydrogens (primary N) is 1. The number of nitrogens with zero attached hydrogens (tertiary/aromatic N) is 2. The molecule has 4 N–H and O–H groups in total. The highest BCUT2D eigenvalue weighted by Crippen LogP contribution is 2.40. The van der Waals surface area contributed by atoms with E-state index in [1.807, 2.05) is 24.3 Å². The minimum absolute atomic E-state index is 0.0643. The predicted octanol–water partition coefficient (Wildman–Crippen LogP) is 5.98. The summed E-state index contributed by atoms with van der Waals surface area (Å²) in [7, 11) is 0. The largest absolute Gasteiger partial charge is 0.507 e. The summed E-state index contributed by atoms with van der Waals surface area (Å²) in [5, 5.41) is 24.1. The second-order valence-corrected chi connectivity index (χ2v) is 9.67. The zero-order chi connectivity index (χ0) is 26.3. The molecule has 0 amide bonds. The lowest BCUT2D eigenvalue weighted by Crippen LogP contribution is -2.29. The molecule has 0 saturated carbocycles. The Morgan fingerprint density at radius 1 is 1.03 bits per heavy atom. The van der Waals surface area contributed by atoms with Gasteiger partial charge in [0, 0.05) is 12.5 Å². The number of hydrogen-bond donors (Lipinski definition) is 3. The van der Waals surface area contributed by atoms with E-state index in [0.29, 0.717) is 29.2 Å². The molecule has 192 valence electrons. The van der Waals surface area contributed by atoms with Crippen molar-refractivity contribution in [2.75, 3.05) is 25.4 Å². The standard InChI is InChI=1S/C32H32N4O2/c33-20-27-26(24-13-8-17-35-21-24)19-28(36-32(27)34)31-29(37)14-7-15-30(31)38-18-16-25(22-9-3-1-4-10-22)23-11-5-2-6-12-23/h1-7,9-12,14-15,19,24-25,35,37H,8,13,16-18,21H2,(H2,34,36). The molecule has 1 aliphatic rings. The monoisotopic (exact) mass is 504 g/mol. The van der Waals surface area contributed by atoms with Gasteiger partial charge in [-0.05, 0) is 66.6 Å². The van der Waals surface area contributed by atoms with Crippen LogP contribution in [0, 0.1) is 11.3 Å². The number of aromatic nitrogens is 1. The van der Waals surface area contributed by atoms with Crippen LogP contribution in [0.3, 0.4) is 0 Å². The Morgan fingerprint density at radius 2 is 1.74 bits per heavy atom. The molecule has 0 bridgehead atoms. The van der Waals surface area contributed by atoms with E-state index in [1.165, 1.54) is 11.1 Å². The smallest absolute Gasteiger partial charge is 0.142 e. The maximum absolute atomic E-state index is 10.9. The topological polar surface area (TPSA) is 104 Å². The summed E-state index contributed by atoms with van der Waals surface area (Å²) >= 11 is 0. The zero-order valence-electron chi connectivity index (χ0n) is 21.3. The van der Waals surface area contributed by atoms with E-state index in [-0.39, 0.29) is 23.4 Å². The van der Waals surface area contributed by atoms with Gasteiger partial charge in [-0.25, -0.2) is 4.98 Å². The lowest BCUT2D eigenvalue weighted by Gasteiger charge is -2.25. The first-order chi connectivity index (χ1) is 18.7. The van der Waals surface area contributed by atoms with Crippen molar-refractivity contribution in [1.29, 1.82) is 5.26 Å². The Kier molecular flexibility index (Phi) is 7.86. The average Bonchev–Trinajstić information content (AvgIpc) is 2.96. The van der Waals surface area contributed by atoms with Crippen LogP contribution in [0.5, 0.6) is 11.5 Å². The van der Waals surface area contributed by atoms with Gasteiger partial charge in [0.05, 0.1) is 23.4 Å². The second-order valence-electron chi connectivity index (χ2n) is 9.67. The van der Waals surface area contributed by atoms with Gasteiger partial charge in [-0.1, -0.05) is 66.7 Å². The fourth-order valence-corrected chi connectivity index (χ4v) is 5.35. The van der Waals surface area contributed by atoms with E-state index in [0.717, 1.165) is 37.9 Å². The molecule has 1 fully saturated rings. The summed E-state index contributed by atoms with van der Waals surface area (Å²) in [4.78, 5) is 4.52. The molecule has 0 radical (unpaired) electrons. The van der Waals surface area contributed by atoms with Crippen molar-refractivity contribution < 1.29 is 9.84 Å². The number of nitriles is 1. The summed E-state index contributed by atoms with van der Waals surface area (Å²) in [6.45, 7) is 2.19. The number of aromatic hydroxyl groups is 1. The molecule has 3 aromatic carbocycles. The first kappa shape index (κ1) is 25.3. The summed E-state index contributed by atoms with van der Waals surface area (Å²) in [5.74, 6) is 1.11. The molecule has 1 unspecified atom stereocenters. The Balaban J connectivity index is 1.44. The van der Waals surface area contributed by atoms with Crippen LogP contribution in [0.15, 0.2) is 84.9 Å². The van der Waals surface area contributed by atoms with E-state index >= 15 is 0 Å². The molecule has 1 atom stereocenters. The zero-order valence-corrected chi connectivity index (χ0v) is 21.3. The summed E-state index contributed by atoms with van der Waals surface area (Å²) < 4.78 is 6.31. The minimum Gasteiger partial charge on any atom is -0.507 e. The number of rotatable bonds is 8. The number of ether oxygens (including phenoxy) is 1. The molecule has 2 heterocycles. The minimum atomic E-state index is 0.0643. The van der Waals surface area contributed by atoms with Crippen molar-refractivity contribution >= 4 is 5.82 Å². The summed E-state index contributed by atoms with van der Waals surface area (Å²) in [6, 6.07) is 30.2. The number of hydrogen-bond acceptors (Lipinski definition) is 6. The van der Waals surface area contributed by atoms with Crippen molar-refractivity contribution in [3.05, 3.63) is 107 Å². The van der Waals surface area contributed by atoms with E-state index in [2.05, 4.69) is 64.9 Å². The van der Waals surface area contributed by atoms with Crippen LogP contribution in [0.25, 0.3) is 11.3 Å². The quantitative estimate of drug-likeness (QED) is 0.273. The average molecular weight is 505 g/mol. The Hall–Kier alpha value is -4.34. The van der Waals surface area contributed by atoms with Gasteiger partial charge in [0.25, 0.3) is 0 Å². The van der Waals surface area contributed by atoms with Gasteiger partial charge in [-0.15, -0.1) is 0 Å².